The third-order valence-electron chi connectivity index (χ3n) is 16.2. The van der Waals surface area contributed by atoms with Crippen LogP contribution < -0.4 is 0 Å². The van der Waals surface area contributed by atoms with E-state index in [1.54, 1.807) is 0 Å². The van der Waals surface area contributed by atoms with E-state index >= 15 is 0 Å². The number of hydrogen-bond donors (Lipinski definition) is 3. The van der Waals surface area contributed by atoms with E-state index in [2.05, 4.69) is 55.4 Å². The summed E-state index contributed by atoms with van der Waals surface area (Å²) in [5, 5.41) is 10.6. The standard InChI is InChI=1S/C69H134O17P2/c1-9-62(8)48-40-32-23-18-20-24-33-41-49-66(71)79-55-64(86-69(74)52-44-36-26-19-17-22-30-38-46-60(4)5)57-83-87(75,76)81-53-63(70)54-82-88(77,78)84-58-65(56-80-67(72)50-42-34-28-27-31-39-47-61(6)7)85-68(73)51-43-35-25-16-14-12-10-11-13-15-21-29-37-45-59(2)3/h59-65,70H,9-58H2,1-8H3,(H,75,76)(H,77,78)/t62?,63-,64-,65-/m1/s1. The Bertz CT molecular complexity index is 1750. The predicted octanol–water partition coefficient (Wildman–Crippen LogP) is 19.3. The molecule has 522 valence electrons. The number of aliphatic hydroxyl groups excluding tert-OH is 1. The van der Waals surface area contributed by atoms with Crippen LogP contribution in [0.15, 0.2) is 0 Å². The van der Waals surface area contributed by atoms with Crippen LogP contribution in [0, 0.1) is 23.7 Å². The number of carbonyl (C=O) groups is 4. The average Bonchev–Trinajstić information content (AvgIpc) is 3.48. The van der Waals surface area contributed by atoms with E-state index in [1.165, 1.54) is 135 Å². The van der Waals surface area contributed by atoms with Gasteiger partial charge in [-0.1, -0.05) is 287 Å². The fourth-order valence-corrected chi connectivity index (χ4v) is 11.9. The molecule has 0 spiro atoms. The second-order valence-corrected chi connectivity index (χ2v) is 29.5. The maximum atomic E-state index is 13.0. The number of phosphoric ester groups is 2. The molecule has 0 radical (unpaired) electrons. The molecule has 0 rings (SSSR count). The van der Waals surface area contributed by atoms with E-state index in [4.69, 9.17) is 37.0 Å². The first-order valence-corrected chi connectivity index (χ1v) is 38.7. The summed E-state index contributed by atoms with van der Waals surface area (Å²) in [6, 6.07) is 0. The monoisotopic (exact) mass is 1300 g/mol. The molecule has 0 aliphatic rings. The van der Waals surface area contributed by atoms with Gasteiger partial charge in [0, 0.05) is 25.7 Å². The van der Waals surface area contributed by atoms with Crippen LogP contribution in [0.3, 0.4) is 0 Å². The lowest BCUT2D eigenvalue weighted by Gasteiger charge is -2.21. The summed E-state index contributed by atoms with van der Waals surface area (Å²) in [4.78, 5) is 72.4. The normalized spacial score (nSPS) is 14.6. The van der Waals surface area contributed by atoms with Crippen molar-refractivity contribution >= 4 is 39.5 Å². The molecule has 0 aliphatic carbocycles. The third kappa shape index (κ3) is 61.6. The van der Waals surface area contributed by atoms with Crippen molar-refractivity contribution in [3.05, 3.63) is 0 Å². The van der Waals surface area contributed by atoms with Gasteiger partial charge in [0.2, 0.25) is 0 Å². The van der Waals surface area contributed by atoms with Gasteiger partial charge in [0.05, 0.1) is 26.4 Å². The van der Waals surface area contributed by atoms with Gasteiger partial charge in [-0.15, -0.1) is 0 Å². The van der Waals surface area contributed by atoms with E-state index in [9.17, 15) is 43.2 Å². The zero-order valence-corrected chi connectivity index (χ0v) is 59.1. The molecule has 0 amide bonds. The summed E-state index contributed by atoms with van der Waals surface area (Å²) in [7, 11) is -9.90. The number of unbranched alkanes of at least 4 members (excludes halogenated alkanes) is 31. The van der Waals surface area contributed by atoms with Gasteiger partial charge in [0.15, 0.2) is 12.2 Å². The van der Waals surface area contributed by atoms with Gasteiger partial charge in [0.25, 0.3) is 0 Å². The summed E-state index contributed by atoms with van der Waals surface area (Å²) in [5.41, 5.74) is 0. The highest BCUT2D eigenvalue weighted by Crippen LogP contribution is 2.45. The molecule has 0 aromatic heterocycles. The molecule has 0 aromatic rings. The number of esters is 4. The van der Waals surface area contributed by atoms with Gasteiger partial charge < -0.3 is 33.8 Å². The lowest BCUT2D eigenvalue weighted by molar-refractivity contribution is -0.161. The van der Waals surface area contributed by atoms with Crippen LogP contribution in [-0.2, 0) is 65.4 Å². The summed E-state index contributed by atoms with van der Waals surface area (Å²) in [6.45, 7) is 14.0. The molecule has 0 aromatic carbocycles. The molecule has 0 bridgehead atoms. The molecule has 0 saturated carbocycles. The Kier molecular flexibility index (Phi) is 57.6. The number of aliphatic hydroxyl groups is 1. The number of ether oxygens (including phenoxy) is 4. The molecular formula is C69H134O17P2. The fraction of sp³-hybridized carbons (Fsp3) is 0.942. The largest absolute Gasteiger partial charge is 0.472 e. The molecule has 3 N–H and O–H groups in total. The van der Waals surface area contributed by atoms with Crippen LogP contribution in [0.1, 0.15) is 338 Å². The first kappa shape index (κ1) is 86.1. The van der Waals surface area contributed by atoms with Crippen molar-refractivity contribution < 1.29 is 80.2 Å². The second kappa shape index (κ2) is 58.8. The predicted molar refractivity (Wildman–Crippen MR) is 354 cm³/mol. The van der Waals surface area contributed by atoms with Gasteiger partial charge in [-0.05, 0) is 49.4 Å². The topological polar surface area (TPSA) is 237 Å². The minimum absolute atomic E-state index is 0.103. The van der Waals surface area contributed by atoms with Crippen LogP contribution >= 0.6 is 15.6 Å². The van der Waals surface area contributed by atoms with Crippen LogP contribution in [0.5, 0.6) is 0 Å². The lowest BCUT2D eigenvalue weighted by atomic mass is 9.99. The SMILES string of the molecule is CCC(C)CCCCCCCCCCC(=O)OC[C@H](COP(=O)(O)OC[C@@H](O)COP(=O)(O)OC[C@@H](COC(=O)CCCCCCCCC(C)C)OC(=O)CCCCCCCCCCCCCCCC(C)C)OC(=O)CCCCCCCCCCC(C)C. The minimum Gasteiger partial charge on any atom is -0.462 e. The van der Waals surface area contributed by atoms with Crippen molar-refractivity contribution in [2.24, 2.45) is 23.7 Å². The Morgan fingerprint density at radius 1 is 0.318 bits per heavy atom. The maximum absolute atomic E-state index is 13.0. The summed E-state index contributed by atoms with van der Waals surface area (Å²) < 4.78 is 68.2. The number of hydrogen-bond acceptors (Lipinski definition) is 15. The Morgan fingerprint density at radius 2 is 0.545 bits per heavy atom. The van der Waals surface area contributed by atoms with Crippen molar-refractivity contribution in [1.82, 2.24) is 0 Å². The van der Waals surface area contributed by atoms with E-state index < -0.39 is 97.5 Å². The fourth-order valence-electron chi connectivity index (χ4n) is 10.3. The highest BCUT2D eigenvalue weighted by atomic mass is 31.2. The third-order valence-corrected chi connectivity index (χ3v) is 18.1. The molecule has 19 heteroatoms. The van der Waals surface area contributed by atoms with E-state index in [-0.39, 0.29) is 25.7 Å². The van der Waals surface area contributed by atoms with Crippen molar-refractivity contribution in [2.75, 3.05) is 39.6 Å². The molecule has 17 nitrogen and oxygen atoms in total. The van der Waals surface area contributed by atoms with Crippen molar-refractivity contribution in [2.45, 2.75) is 356 Å². The quantitative estimate of drug-likeness (QED) is 0.0222. The molecule has 88 heavy (non-hydrogen) atoms. The zero-order valence-electron chi connectivity index (χ0n) is 57.3. The number of rotatable bonds is 66. The van der Waals surface area contributed by atoms with Gasteiger partial charge >= 0.3 is 39.5 Å². The number of carbonyl (C=O) groups excluding carboxylic acids is 4. The van der Waals surface area contributed by atoms with Crippen molar-refractivity contribution in [3.8, 4) is 0 Å². The molecule has 0 fully saturated rings. The van der Waals surface area contributed by atoms with E-state index in [0.29, 0.717) is 31.6 Å². The van der Waals surface area contributed by atoms with Crippen molar-refractivity contribution in [3.63, 3.8) is 0 Å². The van der Waals surface area contributed by atoms with Gasteiger partial charge in [-0.25, -0.2) is 9.13 Å². The molecule has 0 aliphatic heterocycles. The molecule has 0 heterocycles. The maximum Gasteiger partial charge on any atom is 0.472 e. The number of phosphoric acid groups is 2. The molecule has 0 saturated heterocycles. The van der Waals surface area contributed by atoms with Gasteiger partial charge in [-0.3, -0.25) is 37.3 Å². The van der Waals surface area contributed by atoms with Gasteiger partial charge in [0.1, 0.15) is 19.3 Å². The second-order valence-electron chi connectivity index (χ2n) is 26.6. The lowest BCUT2D eigenvalue weighted by Crippen LogP contribution is -2.30. The summed E-state index contributed by atoms with van der Waals surface area (Å²) in [6.07, 6.45) is 40.4. The minimum atomic E-state index is -4.95. The highest BCUT2D eigenvalue weighted by molar-refractivity contribution is 7.47. The first-order valence-electron chi connectivity index (χ1n) is 35.7. The van der Waals surface area contributed by atoms with E-state index in [0.717, 1.165) is 114 Å². The molecule has 6 atom stereocenters. The van der Waals surface area contributed by atoms with Crippen LogP contribution in [0.25, 0.3) is 0 Å². The Hall–Kier alpha value is -1.94. The zero-order chi connectivity index (χ0) is 65.4. The van der Waals surface area contributed by atoms with E-state index in [1.807, 2.05) is 0 Å². The van der Waals surface area contributed by atoms with Crippen LogP contribution in [0.2, 0.25) is 0 Å². The first-order chi connectivity index (χ1) is 42.1. The average molecular weight is 1300 g/mol. The molecular weight excluding hydrogens is 1160 g/mol. The Labute approximate surface area is 537 Å². The summed E-state index contributed by atoms with van der Waals surface area (Å²) >= 11 is 0. The summed E-state index contributed by atoms with van der Waals surface area (Å²) in [5.74, 6) is 0.828. The van der Waals surface area contributed by atoms with Gasteiger partial charge in [-0.2, -0.15) is 0 Å². The highest BCUT2D eigenvalue weighted by Gasteiger charge is 2.30. The van der Waals surface area contributed by atoms with Crippen molar-refractivity contribution in [1.29, 1.82) is 0 Å². The Morgan fingerprint density at radius 3 is 0.807 bits per heavy atom. The van der Waals surface area contributed by atoms with Crippen LogP contribution in [0.4, 0.5) is 0 Å². The smallest absolute Gasteiger partial charge is 0.462 e. The Balaban J connectivity index is 5.23. The molecule has 3 unspecified atom stereocenters. The van der Waals surface area contributed by atoms with Crippen LogP contribution in [-0.4, -0.2) is 96.7 Å².